The van der Waals surface area contributed by atoms with Gasteiger partial charge in [-0.3, -0.25) is 0 Å². The zero-order chi connectivity index (χ0) is 29.1. The van der Waals surface area contributed by atoms with E-state index in [1.54, 1.807) is 0 Å². The van der Waals surface area contributed by atoms with Crippen molar-refractivity contribution in [2.45, 2.75) is 5.41 Å². The minimum atomic E-state index is -0.378. The average molecular weight is 577 g/mol. The maximum Gasteiger partial charge on any atom is 0.0713 e. The lowest BCUT2D eigenvalue weighted by Crippen LogP contribution is -2.28. The second kappa shape index (κ2) is 9.91. The molecule has 0 saturated carbocycles. The van der Waals surface area contributed by atoms with E-state index < -0.39 is 0 Å². The molecule has 0 bridgehead atoms. The predicted molar refractivity (Wildman–Crippen MR) is 188 cm³/mol. The Morgan fingerprint density at radius 2 is 0.886 bits per heavy atom. The highest BCUT2D eigenvalue weighted by molar-refractivity contribution is 7.26. The monoisotopic (exact) mass is 576 g/mol. The third kappa shape index (κ3) is 3.57. The lowest BCUT2D eigenvalue weighted by molar-refractivity contribution is 0.768. The molecule has 0 saturated heterocycles. The Morgan fingerprint density at radius 1 is 0.364 bits per heavy atom. The maximum absolute atomic E-state index is 2.37. The summed E-state index contributed by atoms with van der Waals surface area (Å²) in [5.41, 5.74) is 12.6. The van der Waals surface area contributed by atoms with Gasteiger partial charge >= 0.3 is 0 Å². The van der Waals surface area contributed by atoms with Crippen LogP contribution in [0.2, 0.25) is 0 Å². The molecule has 0 spiro atoms. The quantitative estimate of drug-likeness (QED) is 0.195. The van der Waals surface area contributed by atoms with E-state index in [1.807, 2.05) is 11.3 Å². The molecule has 44 heavy (non-hydrogen) atoms. The summed E-state index contributed by atoms with van der Waals surface area (Å²) in [5.74, 6) is 0. The zero-order valence-corrected chi connectivity index (χ0v) is 24.9. The van der Waals surface area contributed by atoms with Crippen LogP contribution >= 0.6 is 11.3 Å². The van der Waals surface area contributed by atoms with E-state index in [-0.39, 0.29) is 5.41 Å². The van der Waals surface area contributed by atoms with Gasteiger partial charge in [-0.15, -0.1) is 11.3 Å². The van der Waals surface area contributed by atoms with Crippen LogP contribution in [0.15, 0.2) is 170 Å². The first-order valence-corrected chi connectivity index (χ1v) is 16.0. The second-order valence-electron chi connectivity index (χ2n) is 11.6. The number of hydrogen-bond donors (Lipinski definition) is 0. The highest BCUT2D eigenvalue weighted by Crippen LogP contribution is 2.56. The first kappa shape index (κ1) is 25.3. The van der Waals surface area contributed by atoms with E-state index in [4.69, 9.17) is 0 Å². The van der Waals surface area contributed by atoms with E-state index >= 15 is 0 Å². The van der Waals surface area contributed by atoms with Crippen LogP contribution in [0.3, 0.4) is 0 Å². The van der Waals surface area contributed by atoms with Crippen molar-refractivity contribution in [3.63, 3.8) is 0 Å². The van der Waals surface area contributed by atoms with Gasteiger partial charge in [-0.05, 0) is 61.7 Å². The maximum atomic E-state index is 2.37. The van der Waals surface area contributed by atoms with Gasteiger partial charge in [0.25, 0.3) is 0 Å². The summed E-state index contributed by atoms with van der Waals surface area (Å²) in [6, 6.07) is 62.6. The molecule has 1 heteroatoms. The van der Waals surface area contributed by atoms with Crippen molar-refractivity contribution in [3.8, 4) is 33.4 Å². The summed E-state index contributed by atoms with van der Waals surface area (Å²) in [4.78, 5) is 0. The number of benzene rings is 7. The topological polar surface area (TPSA) is 0 Å². The van der Waals surface area contributed by atoms with Gasteiger partial charge in [0.05, 0.1) is 5.41 Å². The van der Waals surface area contributed by atoms with Crippen molar-refractivity contribution in [3.05, 3.63) is 192 Å². The van der Waals surface area contributed by atoms with Crippen LogP contribution < -0.4 is 0 Å². The molecule has 0 fully saturated rings. The van der Waals surface area contributed by atoms with Crippen LogP contribution in [0, 0.1) is 0 Å². The summed E-state index contributed by atoms with van der Waals surface area (Å²) < 4.78 is 2.67. The van der Waals surface area contributed by atoms with E-state index in [0.717, 1.165) is 0 Å². The van der Waals surface area contributed by atoms with E-state index in [2.05, 4.69) is 170 Å². The van der Waals surface area contributed by atoms with Gasteiger partial charge < -0.3 is 0 Å². The largest absolute Gasteiger partial charge is 0.135 e. The van der Waals surface area contributed by atoms with E-state index in [9.17, 15) is 0 Å². The third-order valence-electron chi connectivity index (χ3n) is 9.40. The van der Waals surface area contributed by atoms with Gasteiger partial charge in [0.2, 0.25) is 0 Å². The molecular formula is C43H28S. The highest BCUT2D eigenvalue weighted by Gasteiger charge is 2.45. The minimum absolute atomic E-state index is 0.378. The Balaban J connectivity index is 1.27. The Bertz CT molecular complexity index is 2260. The Labute approximate surface area is 261 Å². The SMILES string of the molecule is c1ccc(-c2ccc(-c3ccc(C4(c5ccccc5)c5ccccc5-c5ccccc54)cc3)c3sc4ccccc4c23)cc1. The summed E-state index contributed by atoms with van der Waals surface area (Å²) >= 11 is 1.90. The lowest BCUT2D eigenvalue weighted by atomic mass is 9.67. The van der Waals surface area contributed by atoms with E-state index in [0.29, 0.717) is 0 Å². The normalized spacial score (nSPS) is 13.2. The fourth-order valence-corrected chi connectivity index (χ4v) is 8.79. The fraction of sp³-hybridized carbons (Fsp3) is 0.0233. The zero-order valence-electron chi connectivity index (χ0n) is 24.1. The summed E-state index contributed by atoms with van der Waals surface area (Å²) in [6.45, 7) is 0. The molecule has 8 aromatic rings. The second-order valence-corrected chi connectivity index (χ2v) is 12.7. The van der Waals surface area contributed by atoms with Crippen molar-refractivity contribution in [2.24, 2.45) is 0 Å². The van der Waals surface area contributed by atoms with Gasteiger partial charge in [-0.1, -0.05) is 164 Å². The molecule has 206 valence electrons. The van der Waals surface area contributed by atoms with Crippen LogP contribution in [-0.4, -0.2) is 0 Å². The van der Waals surface area contributed by atoms with Crippen molar-refractivity contribution >= 4 is 31.5 Å². The van der Waals surface area contributed by atoms with Crippen LogP contribution in [0.5, 0.6) is 0 Å². The van der Waals surface area contributed by atoms with Gasteiger partial charge in [0, 0.05) is 20.2 Å². The average Bonchev–Trinajstić information content (AvgIpc) is 3.64. The number of hydrogen-bond acceptors (Lipinski definition) is 1. The van der Waals surface area contributed by atoms with Crippen LogP contribution in [-0.2, 0) is 5.41 Å². The van der Waals surface area contributed by atoms with E-state index in [1.165, 1.54) is 75.8 Å². The predicted octanol–water partition coefficient (Wildman–Crippen LogP) is 11.8. The third-order valence-corrected chi connectivity index (χ3v) is 10.6. The summed E-state index contributed by atoms with van der Waals surface area (Å²) in [5, 5.41) is 2.67. The molecule has 0 radical (unpaired) electrons. The minimum Gasteiger partial charge on any atom is -0.135 e. The first-order valence-electron chi connectivity index (χ1n) is 15.2. The molecule has 1 heterocycles. The van der Waals surface area contributed by atoms with Gasteiger partial charge in [0.1, 0.15) is 0 Å². The van der Waals surface area contributed by atoms with Crippen LogP contribution in [0.4, 0.5) is 0 Å². The van der Waals surface area contributed by atoms with Crippen LogP contribution in [0.25, 0.3) is 53.6 Å². The Kier molecular flexibility index (Phi) is 5.69. The van der Waals surface area contributed by atoms with Crippen molar-refractivity contribution in [1.82, 2.24) is 0 Å². The molecule has 0 nitrogen and oxygen atoms in total. The molecule has 0 amide bonds. The lowest BCUT2D eigenvalue weighted by Gasteiger charge is -2.34. The molecule has 0 atom stereocenters. The molecule has 0 aliphatic heterocycles. The molecule has 0 unspecified atom stereocenters. The molecule has 7 aromatic carbocycles. The first-order chi connectivity index (χ1) is 21.8. The van der Waals surface area contributed by atoms with Crippen LogP contribution in [0.1, 0.15) is 22.3 Å². The van der Waals surface area contributed by atoms with Gasteiger partial charge in [0.15, 0.2) is 0 Å². The fourth-order valence-electron chi connectivity index (χ4n) is 7.53. The van der Waals surface area contributed by atoms with Gasteiger partial charge in [-0.2, -0.15) is 0 Å². The summed E-state index contributed by atoms with van der Waals surface area (Å²) in [6.07, 6.45) is 0. The molecule has 9 rings (SSSR count). The molecule has 1 aliphatic carbocycles. The molecular weight excluding hydrogens is 549 g/mol. The van der Waals surface area contributed by atoms with Crippen molar-refractivity contribution < 1.29 is 0 Å². The number of fused-ring (bicyclic) bond motifs is 6. The highest BCUT2D eigenvalue weighted by atomic mass is 32.1. The molecule has 0 N–H and O–H groups in total. The number of rotatable bonds is 4. The Hall–Kier alpha value is -5.24. The van der Waals surface area contributed by atoms with Gasteiger partial charge in [-0.25, -0.2) is 0 Å². The molecule has 1 aromatic heterocycles. The smallest absolute Gasteiger partial charge is 0.0713 e. The summed E-state index contributed by atoms with van der Waals surface area (Å²) in [7, 11) is 0. The van der Waals surface area contributed by atoms with Crippen molar-refractivity contribution in [2.75, 3.05) is 0 Å². The standard InChI is InChI=1S/C43H28S/c1-3-13-29(14-4-1)33-27-28-34(42-41(33)37-19-9-12-22-40(37)44-42)30-23-25-32(26-24-30)43(31-15-5-2-6-16-31)38-20-10-7-17-35(38)36-18-8-11-21-39(36)43/h1-28H. The number of thiophene rings is 1. The van der Waals surface area contributed by atoms with Crippen molar-refractivity contribution in [1.29, 1.82) is 0 Å². The molecule has 1 aliphatic rings. The Morgan fingerprint density at radius 3 is 1.59 bits per heavy atom.